The lowest BCUT2D eigenvalue weighted by atomic mass is 10.1. The van der Waals surface area contributed by atoms with Crippen molar-refractivity contribution < 1.29 is 8.42 Å². The first kappa shape index (κ1) is 10.3. The minimum Gasteiger partial charge on any atom is -0.227 e. The van der Waals surface area contributed by atoms with Crippen molar-refractivity contribution >= 4 is 10.7 Å². The molecule has 2 nitrogen and oxygen atoms in total. The van der Waals surface area contributed by atoms with Gasteiger partial charge in [-0.15, -0.1) is 0 Å². The van der Waals surface area contributed by atoms with Gasteiger partial charge in [-0.25, -0.2) is 8.42 Å². The van der Waals surface area contributed by atoms with Gasteiger partial charge in [-0.05, 0) is 30.0 Å². The maximum atomic E-state index is 10.8. The average Bonchev–Trinajstić information content (AvgIpc) is 2.16. The predicted molar refractivity (Wildman–Crippen MR) is 53.8 cm³/mol. The molecule has 0 spiro atoms. The second kappa shape index (κ2) is 4.42. The number of thiol groups is 1. The van der Waals surface area contributed by atoms with Crippen LogP contribution < -0.4 is 0 Å². The first-order valence-corrected chi connectivity index (χ1v) is 5.63. The Morgan fingerprint density at radius 1 is 1.15 bits per heavy atom. The van der Waals surface area contributed by atoms with Crippen LogP contribution in [0.4, 0.5) is 0 Å². The van der Waals surface area contributed by atoms with Crippen molar-refractivity contribution in [3.63, 3.8) is 0 Å². The third-order valence-electron chi connectivity index (χ3n) is 2.13. The van der Waals surface area contributed by atoms with E-state index in [1.807, 2.05) is 19.1 Å². The molecule has 1 aromatic carbocycles. The van der Waals surface area contributed by atoms with Gasteiger partial charge in [0.1, 0.15) is 0 Å². The molecule has 0 radical (unpaired) electrons. The van der Waals surface area contributed by atoms with E-state index in [-0.39, 0.29) is 0 Å². The summed E-state index contributed by atoms with van der Waals surface area (Å²) in [6, 6.07) is 5.55. The van der Waals surface area contributed by atoms with Crippen molar-refractivity contribution in [3.8, 4) is 0 Å². The van der Waals surface area contributed by atoms with Crippen LogP contribution in [0.5, 0.6) is 0 Å². The lowest BCUT2D eigenvalue weighted by molar-refractivity contribution is 0.613. The summed E-state index contributed by atoms with van der Waals surface area (Å²) in [5.74, 6) is 0. The molecule has 0 aromatic heterocycles. The summed E-state index contributed by atoms with van der Waals surface area (Å²) < 4.78 is 21.6. The maximum Gasteiger partial charge on any atom is 0.168 e. The van der Waals surface area contributed by atoms with Gasteiger partial charge in [-0.1, -0.05) is 26.0 Å². The van der Waals surface area contributed by atoms with E-state index in [0.717, 1.165) is 18.4 Å². The summed E-state index contributed by atoms with van der Waals surface area (Å²) in [6.45, 7) is 4.03. The molecule has 0 saturated carbocycles. The fraction of sp³-hybridized carbons (Fsp3) is 0.400. The van der Waals surface area contributed by atoms with E-state index >= 15 is 0 Å². The average molecular weight is 198 g/mol. The Morgan fingerprint density at radius 3 is 2.31 bits per heavy atom. The zero-order chi connectivity index (χ0) is 9.84. The SMILES string of the molecule is CCc1ccc([SH](=O)=O)c(CC)c1. The van der Waals surface area contributed by atoms with Crippen LogP contribution in [0.15, 0.2) is 23.1 Å². The number of hydrogen-bond acceptors (Lipinski definition) is 2. The number of rotatable bonds is 3. The molecule has 1 aromatic rings. The lowest BCUT2D eigenvalue weighted by Gasteiger charge is -2.03. The highest BCUT2D eigenvalue weighted by Crippen LogP contribution is 2.14. The summed E-state index contributed by atoms with van der Waals surface area (Å²) in [6.07, 6.45) is 1.72. The van der Waals surface area contributed by atoms with Gasteiger partial charge in [0, 0.05) is 0 Å². The molecule has 0 atom stereocenters. The van der Waals surface area contributed by atoms with Crippen LogP contribution in [0.3, 0.4) is 0 Å². The third kappa shape index (κ3) is 2.31. The van der Waals surface area contributed by atoms with Crippen LogP contribution >= 0.6 is 0 Å². The van der Waals surface area contributed by atoms with E-state index in [1.54, 1.807) is 6.07 Å². The van der Waals surface area contributed by atoms with Gasteiger partial charge in [0.25, 0.3) is 0 Å². The van der Waals surface area contributed by atoms with E-state index < -0.39 is 10.7 Å². The Morgan fingerprint density at radius 2 is 1.85 bits per heavy atom. The smallest absolute Gasteiger partial charge is 0.168 e. The van der Waals surface area contributed by atoms with Gasteiger partial charge in [0.2, 0.25) is 0 Å². The minimum absolute atomic E-state index is 0.467. The van der Waals surface area contributed by atoms with Gasteiger partial charge >= 0.3 is 0 Å². The van der Waals surface area contributed by atoms with Gasteiger partial charge in [0.05, 0.1) is 4.90 Å². The fourth-order valence-electron chi connectivity index (χ4n) is 1.32. The van der Waals surface area contributed by atoms with Crippen molar-refractivity contribution in [2.45, 2.75) is 31.6 Å². The molecule has 0 fully saturated rings. The summed E-state index contributed by atoms with van der Waals surface area (Å²) in [4.78, 5) is 0.467. The van der Waals surface area contributed by atoms with Crippen molar-refractivity contribution in [1.29, 1.82) is 0 Å². The van der Waals surface area contributed by atoms with Crippen molar-refractivity contribution in [2.75, 3.05) is 0 Å². The Kier molecular flexibility index (Phi) is 3.48. The van der Waals surface area contributed by atoms with Gasteiger partial charge in [0.15, 0.2) is 10.7 Å². The van der Waals surface area contributed by atoms with Crippen LogP contribution in [-0.2, 0) is 23.5 Å². The Bertz CT molecular complexity index is 359. The summed E-state index contributed by atoms with van der Waals surface area (Å²) in [5.41, 5.74) is 2.12. The molecule has 0 aliphatic heterocycles. The molecule has 0 aliphatic rings. The highest BCUT2D eigenvalue weighted by atomic mass is 32.2. The molecule has 72 valence electrons. The van der Waals surface area contributed by atoms with Gasteiger partial charge in [-0.3, -0.25) is 0 Å². The molecule has 13 heavy (non-hydrogen) atoms. The molecule has 0 heterocycles. The Hall–Kier alpha value is -0.830. The topological polar surface area (TPSA) is 34.1 Å². The zero-order valence-corrected chi connectivity index (χ0v) is 8.80. The second-order valence-corrected chi connectivity index (χ2v) is 3.92. The van der Waals surface area contributed by atoms with Gasteiger partial charge < -0.3 is 0 Å². The summed E-state index contributed by atoms with van der Waals surface area (Å²) in [5, 5.41) is 0. The van der Waals surface area contributed by atoms with Crippen LogP contribution in [0.25, 0.3) is 0 Å². The third-order valence-corrected chi connectivity index (χ3v) is 2.96. The van der Waals surface area contributed by atoms with Crippen molar-refractivity contribution in [3.05, 3.63) is 29.3 Å². The lowest BCUT2D eigenvalue weighted by Crippen LogP contribution is -1.92. The van der Waals surface area contributed by atoms with Crippen LogP contribution in [0.1, 0.15) is 25.0 Å². The van der Waals surface area contributed by atoms with Crippen LogP contribution in [0.2, 0.25) is 0 Å². The van der Waals surface area contributed by atoms with E-state index in [1.165, 1.54) is 5.56 Å². The minimum atomic E-state index is -2.44. The van der Waals surface area contributed by atoms with Crippen LogP contribution in [-0.4, -0.2) is 8.42 Å². The first-order valence-electron chi connectivity index (χ1n) is 4.45. The molecule has 0 aliphatic carbocycles. The molecular formula is C10H14O2S. The zero-order valence-electron chi connectivity index (χ0n) is 7.91. The van der Waals surface area contributed by atoms with E-state index in [2.05, 4.69) is 6.92 Å². The highest BCUT2D eigenvalue weighted by molar-refractivity contribution is 7.72. The Labute approximate surface area is 80.5 Å². The highest BCUT2D eigenvalue weighted by Gasteiger charge is 2.03. The molecular weight excluding hydrogens is 184 g/mol. The Balaban J connectivity index is 3.23. The monoisotopic (exact) mass is 198 g/mol. The molecule has 3 heteroatoms. The maximum absolute atomic E-state index is 10.8. The van der Waals surface area contributed by atoms with Crippen molar-refractivity contribution in [2.24, 2.45) is 0 Å². The largest absolute Gasteiger partial charge is 0.227 e. The van der Waals surface area contributed by atoms with Crippen LogP contribution in [0, 0.1) is 0 Å². The fourth-order valence-corrected chi connectivity index (χ4v) is 1.97. The van der Waals surface area contributed by atoms with Crippen molar-refractivity contribution in [1.82, 2.24) is 0 Å². The van der Waals surface area contributed by atoms with E-state index in [0.29, 0.717) is 4.90 Å². The molecule has 0 amide bonds. The molecule has 0 unspecified atom stereocenters. The van der Waals surface area contributed by atoms with Gasteiger partial charge in [-0.2, -0.15) is 0 Å². The number of aryl methyl sites for hydroxylation is 2. The standard InChI is InChI=1S/C10H14O2S/c1-3-8-5-6-10(13(11)12)9(4-2)7-8/h5-7,13H,3-4H2,1-2H3. The quantitative estimate of drug-likeness (QED) is 0.751. The molecule has 0 N–H and O–H groups in total. The van der Waals surface area contributed by atoms with E-state index in [9.17, 15) is 8.42 Å². The second-order valence-electron chi connectivity index (χ2n) is 2.93. The predicted octanol–water partition coefficient (Wildman–Crippen LogP) is 1.78. The number of benzene rings is 1. The summed E-state index contributed by atoms with van der Waals surface area (Å²) >= 11 is 0. The normalized spacial score (nSPS) is 10.7. The molecule has 0 saturated heterocycles. The number of hydrogen-bond donors (Lipinski definition) is 1. The molecule has 0 bridgehead atoms. The summed E-state index contributed by atoms with van der Waals surface area (Å²) in [7, 11) is -2.44. The van der Waals surface area contributed by atoms with E-state index in [4.69, 9.17) is 0 Å². The first-order chi connectivity index (χ1) is 6.19. The molecule has 1 rings (SSSR count).